The van der Waals surface area contributed by atoms with E-state index in [-0.39, 0.29) is 11.5 Å². The SMILES string of the molecule is CC.CC(C)CCOC(=O)c1ccc2cc(C(=O)O)ccc2c1. The van der Waals surface area contributed by atoms with Crippen molar-refractivity contribution in [1.82, 2.24) is 0 Å². The minimum Gasteiger partial charge on any atom is -0.478 e. The number of carboxylic acid groups (broad SMARTS) is 1. The third kappa shape index (κ3) is 5.40. The molecule has 4 heteroatoms. The van der Waals surface area contributed by atoms with Crippen molar-refractivity contribution in [2.24, 2.45) is 5.92 Å². The minimum atomic E-state index is -0.964. The van der Waals surface area contributed by atoms with Crippen LogP contribution in [-0.4, -0.2) is 23.7 Å². The highest BCUT2D eigenvalue weighted by atomic mass is 16.5. The Kier molecular flexibility index (Phi) is 7.26. The molecule has 0 unspecified atom stereocenters. The Morgan fingerprint density at radius 3 is 2.04 bits per heavy atom. The maximum atomic E-state index is 11.9. The van der Waals surface area contributed by atoms with Gasteiger partial charge in [-0.25, -0.2) is 9.59 Å². The van der Waals surface area contributed by atoms with E-state index < -0.39 is 5.97 Å². The van der Waals surface area contributed by atoms with E-state index in [1.165, 1.54) is 6.07 Å². The molecule has 4 nitrogen and oxygen atoms in total. The first-order valence-electron chi connectivity index (χ1n) is 7.91. The third-order valence-electron chi connectivity index (χ3n) is 3.25. The summed E-state index contributed by atoms with van der Waals surface area (Å²) in [6.45, 7) is 8.56. The normalized spacial score (nSPS) is 10.1. The van der Waals surface area contributed by atoms with E-state index >= 15 is 0 Å². The number of esters is 1. The van der Waals surface area contributed by atoms with E-state index in [0.29, 0.717) is 18.1 Å². The fourth-order valence-electron chi connectivity index (χ4n) is 1.98. The molecule has 2 rings (SSSR count). The van der Waals surface area contributed by atoms with Crippen molar-refractivity contribution in [3.63, 3.8) is 0 Å². The van der Waals surface area contributed by atoms with Gasteiger partial charge in [0, 0.05) is 0 Å². The number of carboxylic acids is 1. The van der Waals surface area contributed by atoms with E-state index in [0.717, 1.165) is 17.2 Å². The first kappa shape index (κ1) is 18.7. The lowest BCUT2D eigenvalue weighted by atomic mass is 10.0. The molecular weight excluding hydrogens is 292 g/mol. The molecule has 1 N–H and O–H groups in total. The van der Waals surface area contributed by atoms with Crippen LogP contribution in [0.15, 0.2) is 36.4 Å². The van der Waals surface area contributed by atoms with Crippen LogP contribution in [0, 0.1) is 5.92 Å². The zero-order valence-corrected chi connectivity index (χ0v) is 14.1. The van der Waals surface area contributed by atoms with E-state index in [2.05, 4.69) is 13.8 Å². The Morgan fingerprint density at radius 2 is 1.52 bits per heavy atom. The van der Waals surface area contributed by atoms with Crippen LogP contribution < -0.4 is 0 Å². The molecule has 0 amide bonds. The highest BCUT2D eigenvalue weighted by molar-refractivity contribution is 5.98. The minimum absolute atomic E-state index is 0.231. The lowest BCUT2D eigenvalue weighted by Gasteiger charge is -2.07. The van der Waals surface area contributed by atoms with Gasteiger partial charge in [0.15, 0.2) is 0 Å². The standard InChI is InChI=1S/C17H18O4.C2H6/c1-11(2)7-8-21-17(20)15-6-4-12-9-14(16(18)19)5-3-13(12)10-15;1-2/h3-6,9-11H,7-8H2,1-2H3,(H,18,19);1-2H3. The topological polar surface area (TPSA) is 63.6 Å². The van der Waals surface area contributed by atoms with E-state index in [4.69, 9.17) is 9.84 Å². The Morgan fingerprint density at radius 1 is 1.00 bits per heavy atom. The van der Waals surface area contributed by atoms with Gasteiger partial charge >= 0.3 is 11.9 Å². The molecule has 23 heavy (non-hydrogen) atoms. The van der Waals surface area contributed by atoms with Crippen LogP contribution >= 0.6 is 0 Å². The lowest BCUT2D eigenvalue weighted by Crippen LogP contribution is -2.08. The lowest BCUT2D eigenvalue weighted by molar-refractivity contribution is 0.0488. The summed E-state index contributed by atoms with van der Waals surface area (Å²) >= 11 is 0. The van der Waals surface area contributed by atoms with Crippen LogP contribution in [0.2, 0.25) is 0 Å². The number of fused-ring (bicyclic) bond motifs is 1. The van der Waals surface area contributed by atoms with Crippen molar-refractivity contribution >= 4 is 22.7 Å². The molecule has 0 spiro atoms. The van der Waals surface area contributed by atoms with Crippen molar-refractivity contribution < 1.29 is 19.4 Å². The zero-order chi connectivity index (χ0) is 17.4. The molecule has 0 heterocycles. The van der Waals surface area contributed by atoms with Gasteiger partial charge in [0.1, 0.15) is 0 Å². The molecule has 0 saturated carbocycles. The zero-order valence-electron chi connectivity index (χ0n) is 14.1. The predicted molar refractivity (Wildman–Crippen MR) is 92.0 cm³/mol. The van der Waals surface area contributed by atoms with Crippen LogP contribution in [-0.2, 0) is 4.74 Å². The number of rotatable bonds is 5. The number of ether oxygens (including phenoxy) is 1. The van der Waals surface area contributed by atoms with Gasteiger partial charge in [-0.05, 0) is 47.4 Å². The third-order valence-corrected chi connectivity index (χ3v) is 3.25. The van der Waals surface area contributed by atoms with Crippen molar-refractivity contribution in [2.45, 2.75) is 34.1 Å². The maximum absolute atomic E-state index is 11.9. The summed E-state index contributed by atoms with van der Waals surface area (Å²) in [6, 6.07) is 9.93. The van der Waals surface area contributed by atoms with Gasteiger partial charge in [0.25, 0.3) is 0 Å². The second-order valence-electron chi connectivity index (χ2n) is 5.40. The number of benzene rings is 2. The molecule has 124 valence electrons. The molecule has 2 aromatic rings. The maximum Gasteiger partial charge on any atom is 0.338 e. The second-order valence-corrected chi connectivity index (χ2v) is 5.40. The Bertz CT molecular complexity index is 674. The highest BCUT2D eigenvalue weighted by Gasteiger charge is 2.09. The Balaban J connectivity index is 0.00000127. The van der Waals surface area contributed by atoms with Crippen LogP contribution in [0.25, 0.3) is 10.8 Å². The summed E-state index contributed by atoms with van der Waals surface area (Å²) in [5.41, 5.74) is 0.712. The van der Waals surface area contributed by atoms with Gasteiger partial charge in [-0.2, -0.15) is 0 Å². The van der Waals surface area contributed by atoms with Gasteiger partial charge < -0.3 is 9.84 Å². The Labute approximate surface area is 137 Å². The van der Waals surface area contributed by atoms with Gasteiger partial charge in [-0.1, -0.05) is 39.8 Å². The molecular formula is C19H24O4. The smallest absolute Gasteiger partial charge is 0.338 e. The first-order chi connectivity index (χ1) is 11.0. The monoisotopic (exact) mass is 316 g/mol. The van der Waals surface area contributed by atoms with Gasteiger partial charge in [0.05, 0.1) is 17.7 Å². The van der Waals surface area contributed by atoms with Crippen LogP contribution in [0.3, 0.4) is 0 Å². The summed E-state index contributed by atoms with van der Waals surface area (Å²) in [4.78, 5) is 22.8. The molecule has 0 radical (unpaired) electrons. The van der Waals surface area contributed by atoms with Crippen LogP contribution in [0.5, 0.6) is 0 Å². The molecule has 2 aromatic carbocycles. The number of hydrogen-bond acceptors (Lipinski definition) is 3. The van der Waals surface area contributed by atoms with Gasteiger partial charge in [-0.3, -0.25) is 0 Å². The number of aromatic carboxylic acids is 1. The van der Waals surface area contributed by atoms with E-state index in [1.807, 2.05) is 13.8 Å². The molecule has 0 saturated heterocycles. The average molecular weight is 316 g/mol. The summed E-state index contributed by atoms with van der Waals surface area (Å²) in [5.74, 6) is -0.822. The summed E-state index contributed by atoms with van der Waals surface area (Å²) in [5, 5.41) is 10.6. The van der Waals surface area contributed by atoms with Crippen molar-refractivity contribution in [3.05, 3.63) is 47.5 Å². The molecule has 0 aliphatic carbocycles. The van der Waals surface area contributed by atoms with Crippen LogP contribution in [0.1, 0.15) is 54.8 Å². The number of carbonyl (C=O) groups excluding carboxylic acids is 1. The largest absolute Gasteiger partial charge is 0.478 e. The summed E-state index contributed by atoms with van der Waals surface area (Å²) in [7, 11) is 0. The summed E-state index contributed by atoms with van der Waals surface area (Å²) in [6.07, 6.45) is 0.835. The summed E-state index contributed by atoms with van der Waals surface area (Å²) < 4.78 is 5.22. The van der Waals surface area contributed by atoms with Crippen LogP contribution in [0.4, 0.5) is 0 Å². The molecule has 0 aliphatic heterocycles. The molecule has 0 atom stereocenters. The molecule has 0 bridgehead atoms. The predicted octanol–water partition coefficient (Wildman–Crippen LogP) is 4.77. The first-order valence-corrected chi connectivity index (χ1v) is 7.91. The van der Waals surface area contributed by atoms with Gasteiger partial charge in [-0.15, -0.1) is 0 Å². The van der Waals surface area contributed by atoms with Crippen molar-refractivity contribution in [3.8, 4) is 0 Å². The number of hydrogen-bond donors (Lipinski definition) is 1. The quantitative estimate of drug-likeness (QED) is 0.807. The highest BCUT2D eigenvalue weighted by Crippen LogP contribution is 2.19. The fraction of sp³-hybridized carbons (Fsp3) is 0.368. The second kappa shape index (κ2) is 8.93. The fourth-order valence-corrected chi connectivity index (χ4v) is 1.98. The van der Waals surface area contributed by atoms with Gasteiger partial charge in [0.2, 0.25) is 0 Å². The van der Waals surface area contributed by atoms with E-state index in [1.54, 1.807) is 30.3 Å². The van der Waals surface area contributed by atoms with Crippen molar-refractivity contribution in [2.75, 3.05) is 6.61 Å². The van der Waals surface area contributed by atoms with E-state index in [9.17, 15) is 9.59 Å². The van der Waals surface area contributed by atoms with Crippen molar-refractivity contribution in [1.29, 1.82) is 0 Å². The Hall–Kier alpha value is -2.36. The molecule has 0 fully saturated rings. The number of carbonyl (C=O) groups is 2. The molecule has 0 aliphatic rings. The molecule has 0 aromatic heterocycles. The average Bonchev–Trinajstić information content (AvgIpc) is 2.55.